The minimum Gasteiger partial charge on any atom is -0.493 e. The van der Waals surface area contributed by atoms with Crippen molar-refractivity contribution < 1.29 is 19.0 Å². The molecule has 21 heavy (non-hydrogen) atoms. The first-order valence-corrected chi connectivity index (χ1v) is 6.94. The van der Waals surface area contributed by atoms with Gasteiger partial charge in [0.05, 0.1) is 13.2 Å². The fourth-order valence-electron chi connectivity index (χ4n) is 2.18. The van der Waals surface area contributed by atoms with E-state index in [4.69, 9.17) is 14.2 Å². The third-order valence-corrected chi connectivity index (χ3v) is 3.31. The first kappa shape index (κ1) is 15.4. The summed E-state index contributed by atoms with van der Waals surface area (Å²) >= 11 is 0. The number of hydrogen-bond acceptors (Lipinski definition) is 5. The van der Waals surface area contributed by atoms with Gasteiger partial charge >= 0.3 is 0 Å². The van der Waals surface area contributed by atoms with Crippen molar-refractivity contribution in [1.29, 1.82) is 0 Å². The summed E-state index contributed by atoms with van der Waals surface area (Å²) in [6.07, 6.45) is 0. The molecule has 0 aromatic heterocycles. The Morgan fingerprint density at radius 1 is 1.38 bits per heavy atom. The number of ether oxygens (including phenoxy) is 3. The number of methoxy groups -OCH3 is 1. The molecule has 0 aliphatic carbocycles. The smallest absolute Gasteiger partial charge is 0.238 e. The van der Waals surface area contributed by atoms with E-state index in [-0.39, 0.29) is 11.9 Å². The second-order valence-corrected chi connectivity index (χ2v) is 5.16. The van der Waals surface area contributed by atoms with E-state index in [1.54, 1.807) is 26.1 Å². The zero-order valence-corrected chi connectivity index (χ0v) is 12.9. The van der Waals surface area contributed by atoms with Gasteiger partial charge in [-0.15, -0.1) is 0 Å². The van der Waals surface area contributed by atoms with E-state index in [1.807, 2.05) is 19.1 Å². The Morgan fingerprint density at radius 3 is 2.76 bits per heavy atom. The lowest BCUT2D eigenvalue weighted by atomic mass is 10.1. The summed E-state index contributed by atoms with van der Waals surface area (Å²) in [6, 6.07) is 3.56. The van der Waals surface area contributed by atoms with Gasteiger partial charge in [-0.3, -0.25) is 4.79 Å². The van der Waals surface area contributed by atoms with Crippen molar-refractivity contribution in [2.24, 2.45) is 0 Å². The summed E-state index contributed by atoms with van der Waals surface area (Å²) in [4.78, 5) is 13.4. The van der Waals surface area contributed by atoms with Crippen LogP contribution in [0.15, 0.2) is 12.1 Å². The number of benzene rings is 1. The van der Waals surface area contributed by atoms with Crippen molar-refractivity contribution in [3.63, 3.8) is 0 Å². The van der Waals surface area contributed by atoms with Crippen LogP contribution in [-0.4, -0.2) is 51.3 Å². The van der Waals surface area contributed by atoms with Crippen molar-refractivity contribution in [2.75, 3.05) is 34.4 Å². The number of rotatable bonds is 5. The molecule has 1 unspecified atom stereocenters. The van der Waals surface area contributed by atoms with Crippen LogP contribution in [0.5, 0.6) is 17.2 Å². The SMILES string of the molecule is COc1cc(CNC(C)C(=O)N(C)C)cc2c1OCCO2. The minimum atomic E-state index is -0.251. The van der Waals surface area contributed by atoms with Crippen LogP contribution in [0.2, 0.25) is 0 Å². The third kappa shape index (κ3) is 3.58. The summed E-state index contributed by atoms with van der Waals surface area (Å²) in [5, 5.41) is 3.19. The lowest BCUT2D eigenvalue weighted by Crippen LogP contribution is -2.41. The number of carbonyl (C=O) groups excluding carboxylic acids is 1. The molecule has 2 rings (SSSR count). The Labute approximate surface area is 125 Å². The maximum absolute atomic E-state index is 11.8. The molecule has 0 saturated heterocycles. The van der Waals surface area contributed by atoms with Crippen LogP contribution >= 0.6 is 0 Å². The Hall–Kier alpha value is -1.95. The van der Waals surface area contributed by atoms with E-state index in [9.17, 15) is 4.79 Å². The number of hydrogen-bond donors (Lipinski definition) is 1. The molecule has 0 spiro atoms. The van der Waals surface area contributed by atoms with Crippen molar-refractivity contribution in [3.8, 4) is 17.2 Å². The lowest BCUT2D eigenvalue weighted by Gasteiger charge is -2.22. The largest absolute Gasteiger partial charge is 0.493 e. The average molecular weight is 294 g/mol. The minimum absolute atomic E-state index is 0.0412. The highest BCUT2D eigenvalue weighted by Crippen LogP contribution is 2.40. The van der Waals surface area contributed by atoms with Crippen LogP contribution in [0.4, 0.5) is 0 Å². The van der Waals surface area contributed by atoms with Crippen LogP contribution in [0.25, 0.3) is 0 Å². The van der Waals surface area contributed by atoms with Gasteiger partial charge in [0.25, 0.3) is 0 Å². The van der Waals surface area contributed by atoms with Gasteiger partial charge in [-0.05, 0) is 24.6 Å². The van der Waals surface area contributed by atoms with Gasteiger partial charge < -0.3 is 24.4 Å². The van der Waals surface area contributed by atoms with Crippen LogP contribution in [0.3, 0.4) is 0 Å². The van der Waals surface area contributed by atoms with Crippen LogP contribution in [0.1, 0.15) is 12.5 Å². The predicted molar refractivity (Wildman–Crippen MR) is 79.0 cm³/mol. The molecule has 116 valence electrons. The monoisotopic (exact) mass is 294 g/mol. The highest BCUT2D eigenvalue weighted by molar-refractivity contribution is 5.80. The Morgan fingerprint density at radius 2 is 2.10 bits per heavy atom. The fraction of sp³-hybridized carbons (Fsp3) is 0.533. The van der Waals surface area contributed by atoms with Gasteiger partial charge in [-0.25, -0.2) is 0 Å². The van der Waals surface area contributed by atoms with Crippen molar-refractivity contribution in [2.45, 2.75) is 19.5 Å². The lowest BCUT2D eigenvalue weighted by molar-refractivity contribution is -0.130. The summed E-state index contributed by atoms with van der Waals surface area (Å²) in [7, 11) is 5.09. The summed E-state index contributed by atoms with van der Waals surface area (Å²) in [5.74, 6) is 2.02. The second-order valence-electron chi connectivity index (χ2n) is 5.16. The van der Waals surface area contributed by atoms with E-state index in [0.717, 1.165) is 5.56 Å². The van der Waals surface area contributed by atoms with Gasteiger partial charge in [0.15, 0.2) is 11.5 Å². The number of carbonyl (C=O) groups is 1. The molecule has 0 bridgehead atoms. The van der Waals surface area contributed by atoms with Crippen LogP contribution in [-0.2, 0) is 11.3 Å². The number of nitrogens with one attached hydrogen (secondary N) is 1. The van der Waals surface area contributed by atoms with Crippen LogP contribution < -0.4 is 19.5 Å². The number of likely N-dealkylation sites (N-methyl/N-ethyl adjacent to an activating group) is 1. The Balaban J connectivity index is 2.09. The van der Waals surface area contributed by atoms with Gasteiger partial charge in [-0.2, -0.15) is 0 Å². The molecular weight excluding hydrogens is 272 g/mol. The molecule has 6 nitrogen and oxygen atoms in total. The molecule has 1 heterocycles. The molecule has 6 heteroatoms. The quantitative estimate of drug-likeness (QED) is 0.879. The van der Waals surface area contributed by atoms with E-state index in [0.29, 0.717) is 37.0 Å². The van der Waals surface area contributed by atoms with E-state index in [1.165, 1.54) is 0 Å². The molecular formula is C15H22N2O4. The molecule has 1 aromatic rings. The van der Waals surface area contributed by atoms with Crippen molar-refractivity contribution in [3.05, 3.63) is 17.7 Å². The molecule has 0 fully saturated rings. The topological polar surface area (TPSA) is 60.0 Å². The van der Waals surface area contributed by atoms with Gasteiger partial charge in [0.1, 0.15) is 13.2 Å². The zero-order chi connectivity index (χ0) is 15.4. The standard InChI is InChI=1S/C15H22N2O4/c1-10(15(18)17(2)3)16-9-11-7-12(19-4)14-13(8-11)20-5-6-21-14/h7-8,10,16H,5-6,9H2,1-4H3. The second kappa shape index (κ2) is 6.67. The molecule has 1 N–H and O–H groups in total. The third-order valence-electron chi connectivity index (χ3n) is 3.31. The summed E-state index contributed by atoms with van der Waals surface area (Å²) < 4.78 is 16.5. The molecule has 1 atom stereocenters. The maximum atomic E-state index is 11.8. The number of nitrogens with zero attached hydrogens (tertiary/aromatic N) is 1. The zero-order valence-electron chi connectivity index (χ0n) is 12.9. The normalized spacial score (nSPS) is 14.5. The van der Waals surface area contributed by atoms with E-state index >= 15 is 0 Å². The maximum Gasteiger partial charge on any atom is 0.238 e. The van der Waals surface area contributed by atoms with Gasteiger partial charge in [-0.1, -0.05) is 0 Å². The number of amides is 1. The number of fused-ring (bicyclic) bond motifs is 1. The highest BCUT2D eigenvalue weighted by Gasteiger charge is 2.19. The Kier molecular flexibility index (Phi) is 4.90. The molecule has 1 aromatic carbocycles. The predicted octanol–water partition coefficient (Wildman–Crippen LogP) is 1.03. The molecule has 1 amide bonds. The summed E-state index contributed by atoms with van der Waals surface area (Å²) in [5.41, 5.74) is 0.981. The van der Waals surface area contributed by atoms with Crippen LogP contribution in [0, 0.1) is 0 Å². The fourth-order valence-corrected chi connectivity index (χ4v) is 2.18. The molecule has 1 aliphatic rings. The van der Waals surface area contributed by atoms with Gasteiger partial charge in [0, 0.05) is 20.6 Å². The van der Waals surface area contributed by atoms with Crippen molar-refractivity contribution >= 4 is 5.91 Å². The van der Waals surface area contributed by atoms with Gasteiger partial charge in [0.2, 0.25) is 11.7 Å². The van der Waals surface area contributed by atoms with E-state index < -0.39 is 0 Å². The molecule has 0 radical (unpaired) electrons. The van der Waals surface area contributed by atoms with E-state index in [2.05, 4.69) is 5.32 Å². The average Bonchev–Trinajstić information content (AvgIpc) is 2.50. The molecule has 0 saturated carbocycles. The first-order valence-electron chi connectivity index (χ1n) is 6.94. The molecule has 1 aliphatic heterocycles. The highest BCUT2D eigenvalue weighted by atomic mass is 16.6. The Bertz CT molecular complexity index is 499. The van der Waals surface area contributed by atoms with Crippen molar-refractivity contribution in [1.82, 2.24) is 10.2 Å². The summed E-state index contributed by atoms with van der Waals surface area (Å²) in [6.45, 7) is 3.45. The first-order chi connectivity index (χ1) is 10.0.